The van der Waals surface area contributed by atoms with Gasteiger partial charge in [0, 0.05) is 11.5 Å². The molecule has 0 atom stereocenters. The molecule has 0 saturated heterocycles. The quantitative estimate of drug-likeness (QED) is 0.572. The van der Waals surface area contributed by atoms with Crippen molar-refractivity contribution in [3.63, 3.8) is 0 Å². The van der Waals surface area contributed by atoms with Crippen molar-refractivity contribution in [2.75, 3.05) is 7.11 Å². The molecule has 0 unspecified atom stereocenters. The summed E-state index contributed by atoms with van der Waals surface area (Å²) < 4.78 is 5.26. The molecular formula is C25H30O. The van der Waals surface area contributed by atoms with Crippen molar-refractivity contribution in [1.82, 2.24) is 0 Å². The first-order chi connectivity index (χ1) is 12.8. The molecule has 0 radical (unpaired) electrons. The second kappa shape index (κ2) is 9.48. The number of unbranched alkanes of at least 4 members (excludes halogenated alkanes) is 1. The van der Waals surface area contributed by atoms with E-state index in [9.17, 15) is 0 Å². The van der Waals surface area contributed by atoms with Crippen LogP contribution in [-0.2, 0) is 6.42 Å². The molecule has 3 rings (SSSR count). The highest BCUT2D eigenvalue weighted by Gasteiger charge is 2.21. The Balaban J connectivity index is 1.51. The largest absolute Gasteiger partial charge is 0.497 e. The number of benzene rings is 2. The third-order valence-electron chi connectivity index (χ3n) is 5.51. The normalized spacial score (nSPS) is 19.5. The molecule has 0 bridgehead atoms. The molecule has 1 saturated carbocycles. The standard InChI is InChI=1S/C25H30O/c1-3-4-5-20-6-8-21(9-7-20)10-11-22-12-14-23(15-13-22)24-16-18-25(26-2)19-17-24/h6-9,16-19,22-23H,3-5,12-15H2,1-2H3. The lowest BCUT2D eigenvalue weighted by atomic mass is 9.79. The second-order valence-electron chi connectivity index (χ2n) is 7.39. The van der Waals surface area contributed by atoms with Crippen LogP contribution in [0.2, 0.25) is 0 Å². The maximum atomic E-state index is 5.26. The third kappa shape index (κ3) is 5.15. The molecular weight excluding hydrogens is 316 g/mol. The monoisotopic (exact) mass is 346 g/mol. The van der Waals surface area contributed by atoms with Gasteiger partial charge < -0.3 is 4.74 Å². The van der Waals surface area contributed by atoms with E-state index >= 15 is 0 Å². The Kier molecular flexibility index (Phi) is 6.78. The number of methoxy groups -OCH3 is 1. The minimum Gasteiger partial charge on any atom is -0.497 e. The number of rotatable bonds is 5. The van der Waals surface area contributed by atoms with Crippen LogP contribution >= 0.6 is 0 Å². The maximum absolute atomic E-state index is 5.26. The minimum absolute atomic E-state index is 0.546. The average Bonchev–Trinajstić information content (AvgIpc) is 2.72. The van der Waals surface area contributed by atoms with Gasteiger partial charge in [-0.15, -0.1) is 0 Å². The highest BCUT2D eigenvalue weighted by atomic mass is 16.5. The predicted molar refractivity (Wildman–Crippen MR) is 110 cm³/mol. The van der Waals surface area contributed by atoms with E-state index in [4.69, 9.17) is 4.74 Å². The zero-order chi connectivity index (χ0) is 18.2. The number of hydrogen-bond acceptors (Lipinski definition) is 1. The Bertz CT molecular complexity index is 722. The summed E-state index contributed by atoms with van der Waals surface area (Å²) in [6, 6.07) is 17.4. The van der Waals surface area contributed by atoms with Crippen LogP contribution in [0.15, 0.2) is 48.5 Å². The fourth-order valence-corrected chi connectivity index (χ4v) is 3.77. The molecule has 136 valence electrons. The Morgan fingerprint density at radius 3 is 2.23 bits per heavy atom. The van der Waals surface area contributed by atoms with E-state index in [2.05, 4.69) is 67.3 Å². The summed E-state index contributed by atoms with van der Waals surface area (Å²) in [5, 5.41) is 0. The van der Waals surface area contributed by atoms with Crippen LogP contribution in [0.3, 0.4) is 0 Å². The van der Waals surface area contributed by atoms with E-state index in [1.54, 1.807) is 7.11 Å². The lowest BCUT2D eigenvalue weighted by molar-refractivity contribution is 0.383. The van der Waals surface area contributed by atoms with Crippen molar-refractivity contribution in [2.24, 2.45) is 5.92 Å². The van der Waals surface area contributed by atoms with Gasteiger partial charge in [0.1, 0.15) is 5.75 Å². The van der Waals surface area contributed by atoms with Gasteiger partial charge in [-0.3, -0.25) is 0 Å². The average molecular weight is 347 g/mol. The smallest absolute Gasteiger partial charge is 0.118 e. The molecule has 1 fully saturated rings. The highest BCUT2D eigenvalue weighted by molar-refractivity contribution is 5.37. The highest BCUT2D eigenvalue weighted by Crippen LogP contribution is 2.36. The first kappa shape index (κ1) is 18.6. The molecule has 1 heteroatoms. The van der Waals surface area contributed by atoms with Gasteiger partial charge in [-0.05, 0) is 79.8 Å². The van der Waals surface area contributed by atoms with E-state index in [1.165, 1.54) is 56.1 Å². The summed E-state index contributed by atoms with van der Waals surface area (Å²) in [5.74, 6) is 9.08. The van der Waals surface area contributed by atoms with E-state index in [0.29, 0.717) is 11.8 Å². The van der Waals surface area contributed by atoms with Gasteiger partial charge >= 0.3 is 0 Å². The summed E-state index contributed by atoms with van der Waals surface area (Å²) in [7, 11) is 1.72. The molecule has 2 aromatic rings. The lowest BCUT2D eigenvalue weighted by Crippen LogP contribution is -2.12. The summed E-state index contributed by atoms with van der Waals surface area (Å²) in [4.78, 5) is 0. The molecule has 26 heavy (non-hydrogen) atoms. The van der Waals surface area contributed by atoms with E-state index in [1.807, 2.05) is 0 Å². The minimum atomic E-state index is 0.546. The Hall–Kier alpha value is -2.20. The van der Waals surface area contributed by atoms with Crippen LogP contribution in [0, 0.1) is 17.8 Å². The molecule has 2 aromatic carbocycles. The van der Waals surface area contributed by atoms with Gasteiger partial charge in [-0.25, -0.2) is 0 Å². The molecule has 0 aromatic heterocycles. The number of hydrogen-bond donors (Lipinski definition) is 0. The summed E-state index contributed by atoms with van der Waals surface area (Å²) in [6.45, 7) is 2.24. The molecule has 0 N–H and O–H groups in total. The first-order valence-corrected chi connectivity index (χ1v) is 10.0. The molecule has 0 heterocycles. The fraction of sp³-hybridized carbons (Fsp3) is 0.440. The summed E-state index contributed by atoms with van der Waals surface area (Å²) in [6.07, 6.45) is 8.59. The fourth-order valence-electron chi connectivity index (χ4n) is 3.77. The molecule has 1 aliphatic rings. The van der Waals surface area contributed by atoms with Crippen molar-refractivity contribution in [2.45, 2.75) is 57.8 Å². The molecule has 1 aliphatic carbocycles. The SMILES string of the molecule is CCCCc1ccc(C#CC2CCC(c3ccc(OC)cc3)CC2)cc1. The van der Waals surface area contributed by atoms with Crippen molar-refractivity contribution < 1.29 is 4.74 Å². The van der Waals surface area contributed by atoms with Crippen LogP contribution in [0.5, 0.6) is 5.75 Å². The zero-order valence-corrected chi connectivity index (χ0v) is 16.1. The van der Waals surface area contributed by atoms with E-state index < -0.39 is 0 Å². The summed E-state index contributed by atoms with van der Waals surface area (Å²) in [5.41, 5.74) is 4.03. The van der Waals surface area contributed by atoms with E-state index in [0.717, 1.165) is 11.3 Å². The first-order valence-electron chi connectivity index (χ1n) is 10.0. The van der Waals surface area contributed by atoms with Gasteiger partial charge in [0.05, 0.1) is 7.11 Å². The third-order valence-corrected chi connectivity index (χ3v) is 5.51. The zero-order valence-electron chi connectivity index (χ0n) is 16.1. The van der Waals surface area contributed by atoms with Crippen molar-refractivity contribution >= 4 is 0 Å². The van der Waals surface area contributed by atoms with Crippen LogP contribution in [-0.4, -0.2) is 7.11 Å². The van der Waals surface area contributed by atoms with Crippen LogP contribution < -0.4 is 4.74 Å². The maximum Gasteiger partial charge on any atom is 0.118 e. The van der Waals surface area contributed by atoms with E-state index in [-0.39, 0.29) is 0 Å². The number of ether oxygens (including phenoxy) is 1. The molecule has 0 spiro atoms. The van der Waals surface area contributed by atoms with Gasteiger partial charge in [-0.2, -0.15) is 0 Å². The predicted octanol–water partition coefficient (Wildman–Crippen LogP) is 6.36. The van der Waals surface area contributed by atoms with Crippen LogP contribution in [0.25, 0.3) is 0 Å². The van der Waals surface area contributed by atoms with Crippen LogP contribution in [0.4, 0.5) is 0 Å². The number of aryl methyl sites for hydroxylation is 1. The summed E-state index contributed by atoms with van der Waals surface area (Å²) >= 11 is 0. The van der Waals surface area contributed by atoms with Gasteiger partial charge in [0.2, 0.25) is 0 Å². The van der Waals surface area contributed by atoms with Crippen molar-refractivity contribution in [3.8, 4) is 17.6 Å². The van der Waals surface area contributed by atoms with Crippen molar-refractivity contribution in [1.29, 1.82) is 0 Å². The topological polar surface area (TPSA) is 9.23 Å². The Morgan fingerprint density at radius 1 is 0.923 bits per heavy atom. The van der Waals surface area contributed by atoms with Crippen molar-refractivity contribution in [3.05, 3.63) is 65.2 Å². The van der Waals surface area contributed by atoms with Gasteiger partial charge in [-0.1, -0.05) is 49.5 Å². The van der Waals surface area contributed by atoms with Gasteiger partial charge in [0.25, 0.3) is 0 Å². The Morgan fingerprint density at radius 2 is 1.62 bits per heavy atom. The second-order valence-corrected chi connectivity index (χ2v) is 7.39. The molecule has 1 nitrogen and oxygen atoms in total. The van der Waals surface area contributed by atoms with Crippen LogP contribution in [0.1, 0.15) is 68.1 Å². The molecule has 0 aliphatic heterocycles. The lowest BCUT2D eigenvalue weighted by Gasteiger charge is -2.26. The van der Waals surface area contributed by atoms with Gasteiger partial charge in [0.15, 0.2) is 0 Å². The Labute approximate surface area is 158 Å². The molecule has 0 amide bonds.